The molecule has 0 radical (unpaired) electrons. The van der Waals surface area contributed by atoms with E-state index in [9.17, 15) is 4.79 Å². The zero-order valence-electron chi connectivity index (χ0n) is 13.7. The van der Waals surface area contributed by atoms with Crippen molar-refractivity contribution in [3.63, 3.8) is 0 Å². The number of aromatic amines is 1. The lowest BCUT2D eigenvalue weighted by Gasteiger charge is -2.36. The van der Waals surface area contributed by atoms with Crippen molar-refractivity contribution >= 4 is 28.4 Å². The van der Waals surface area contributed by atoms with Gasteiger partial charge in [-0.1, -0.05) is 37.9 Å². The Balaban J connectivity index is 1.64. The van der Waals surface area contributed by atoms with Gasteiger partial charge in [-0.2, -0.15) is 0 Å². The first-order chi connectivity index (χ1) is 10.8. The van der Waals surface area contributed by atoms with E-state index in [1.807, 2.05) is 24.4 Å². The Labute approximate surface area is 141 Å². The van der Waals surface area contributed by atoms with Crippen LogP contribution in [0, 0.1) is 5.41 Å². The highest BCUT2D eigenvalue weighted by Crippen LogP contribution is 2.44. The second kappa shape index (κ2) is 5.84. The quantitative estimate of drug-likeness (QED) is 0.802. The fourth-order valence-corrected chi connectivity index (χ4v) is 3.80. The highest BCUT2D eigenvalue weighted by molar-refractivity contribution is 6.31. The van der Waals surface area contributed by atoms with Crippen LogP contribution in [0.5, 0.6) is 0 Å². The molecule has 1 heterocycles. The molecule has 1 aromatic heterocycles. The summed E-state index contributed by atoms with van der Waals surface area (Å²) in [7, 11) is 0. The number of benzene rings is 1. The molecule has 1 aliphatic carbocycles. The number of amides is 1. The van der Waals surface area contributed by atoms with E-state index in [2.05, 4.69) is 24.1 Å². The van der Waals surface area contributed by atoms with E-state index in [0.29, 0.717) is 11.6 Å². The average Bonchev–Trinajstić information content (AvgIpc) is 3.00. The molecule has 124 valence electrons. The topological polar surface area (TPSA) is 70.9 Å². The van der Waals surface area contributed by atoms with Crippen LogP contribution in [0.3, 0.4) is 0 Å². The minimum Gasteiger partial charge on any atom is -0.361 e. The maximum Gasteiger partial charge on any atom is 0.240 e. The fourth-order valence-electron chi connectivity index (χ4n) is 3.63. The van der Waals surface area contributed by atoms with E-state index in [0.717, 1.165) is 36.6 Å². The van der Waals surface area contributed by atoms with E-state index in [1.165, 1.54) is 5.56 Å². The molecule has 0 bridgehead atoms. The van der Waals surface area contributed by atoms with E-state index in [4.69, 9.17) is 17.3 Å². The number of hydrogen-bond acceptors (Lipinski definition) is 2. The molecule has 23 heavy (non-hydrogen) atoms. The molecule has 0 saturated heterocycles. The number of H-pyrrole nitrogens is 1. The summed E-state index contributed by atoms with van der Waals surface area (Å²) in [6, 6.07) is 5.81. The second-order valence-corrected chi connectivity index (χ2v) is 7.65. The van der Waals surface area contributed by atoms with Gasteiger partial charge in [0.2, 0.25) is 5.91 Å². The number of carbonyl (C=O) groups excluding carboxylic acids is 1. The minimum absolute atomic E-state index is 0.0251. The zero-order chi connectivity index (χ0) is 16.7. The number of hydrogen-bond donors (Lipinski definition) is 3. The van der Waals surface area contributed by atoms with Gasteiger partial charge in [0.1, 0.15) is 5.54 Å². The molecule has 1 amide bonds. The van der Waals surface area contributed by atoms with Crippen molar-refractivity contribution in [1.29, 1.82) is 0 Å². The number of rotatable bonds is 4. The molecule has 2 aromatic rings. The molecule has 1 aromatic carbocycles. The SMILES string of the molecule is CC1(C)CCCC1(N)C(=O)NCCc1c[nH]c2cc(Cl)ccc12. The van der Waals surface area contributed by atoms with Crippen LogP contribution in [0.2, 0.25) is 5.02 Å². The lowest BCUT2D eigenvalue weighted by Crippen LogP contribution is -2.60. The van der Waals surface area contributed by atoms with Gasteiger partial charge in [-0.05, 0) is 42.4 Å². The monoisotopic (exact) mass is 333 g/mol. The van der Waals surface area contributed by atoms with Crippen molar-refractivity contribution in [2.75, 3.05) is 6.54 Å². The van der Waals surface area contributed by atoms with E-state index in [1.54, 1.807) is 0 Å². The molecule has 4 N–H and O–H groups in total. The Morgan fingerprint density at radius 1 is 1.39 bits per heavy atom. The van der Waals surface area contributed by atoms with E-state index >= 15 is 0 Å². The van der Waals surface area contributed by atoms with E-state index in [-0.39, 0.29) is 11.3 Å². The van der Waals surface area contributed by atoms with Crippen molar-refractivity contribution in [2.45, 2.75) is 45.1 Å². The van der Waals surface area contributed by atoms with Gasteiger partial charge in [0, 0.05) is 28.7 Å². The number of fused-ring (bicyclic) bond motifs is 1. The molecule has 5 heteroatoms. The molecule has 4 nitrogen and oxygen atoms in total. The second-order valence-electron chi connectivity index (χ2n) is 7.22. The third kappa shape index (κ3) is 2.86. The molecule has 1 aliphatic rings. The number of carbonyl (C=O) groups is 1. The minimum atomic E-state index is -0.749. The van der Waals surface area contributed by atoms with Crippen molar-refractivity contribution in [1.82, 2.24) is 10.3 Å². The highest BCUT2D eigenvalue weighted by Gasteiger charge is 2.51. The van der Waals surface area contributed by atoms with Gasteiger partial charge in [-0.15, -0.1) is 0 Å². The molecular formula is C18H24ClN3O. The first-order valence-corrected chi connectivity index (χ1v) is 8.54. The molecule has 1 atom stereocenters. The Kier molecular flexibility index (Phi) is 4.15. The van der Waals surface area contributed by atoms with Crippen LogP contribution >= 0.6 is 11.6 Å². The molecule has 0 spiro atoms. The van der Waals surface area contributed by atoms with Crippen LogP contribution < -0.4 is 11.1 Å². The number of aromatic nitrogens is 1. The van der Waals surface area contributed by atoms with Crippen molar-refractivity contribution in [2.24, 2.45) is 11.1 Å². The average molecular weight is 334 g/mol. The number of halogens is 1. The van der Waals surface area contributed by atoms with Crippen LogP contribution in [0.4, 0.5) is 0 Å². The summed E-state index contributed by atoms with van der Waals surface area (Å²) >= 11 is 6.00. The van der Waals surface area contributed by atoms with Crippen LogP contribution in [0.25, 0.3) is 10.9 Å². The summed E-state index contributed by atoms with van der Waals surface area (Å²) in [5.41, 5.74) is 7.71. The highest BCUT2D eigenvalue weighted by atomic mass is 35.5. The van der Waals surface area contributed by atoms with Gasteiger partial charge >= 0.3 is 0 Å². The van der Waals surface area contributed by atoms with Crippen molar-refractivity contribution in [3.8, 4) is 0 Å². The van der Waals surface area contributed by atoms with Crippen molar-refractivity contribution in [3.05, 3.63) is 35.0 Å². The Morgan fingerprint density at radius 3 is 2.87 bits per heavy atom. The number of nitrogens with two attached hydrogens (primary N) is 1. The first kappa shape index (κ1) is 16.3. The van der Waals surface area contributed by atoms with Crippen LogP contribution in [-0.4, -0.2) is 23.0 Å². The van der Waals surface area contributed by atoms with Crippen molar-refractivity contribution < 1.29 is 4.79 Å². The standard InChI is InChI=1S/C18H24ClN3O/c1-17(2)7-3-8-18(17,20)16(23)21-9-6-12-11-22-15-10-13(19)4-5-14(12)15/h4-5,10-11,22H,3,6-9,20H2,1-2H3,(H,21,23). The summed E-state index contributed by atoms with van der Waals surface area (Å²) in [5, 5.41) is 4.89. The largest absolute Gasteiger partial charge is 0.361 e. The predicted molar refractivity (Wildman–Crippen MR) is 94.6 cm³/mol. The fraction of sp³-hybridized carbons (Fsp3) is 0.500. The number of nitrogens with one attached hydrogen (secondary N) is 2. The normalized spacial score (nSPS) is 23.3. The van der Waals surface area contributed by atoms with Gasteiger partial charge in [0.25, 0.3) is 0 Å². The Hall–Kier alpha value is -1.52. The Morgan fingerprint density at radius 2 is 2.17 bits per heavy atom. The Bertz CT molecular complexity index is 737. The zero-order valence-corrected chi connectivity index (χ0v) is 14.5. The molecule has 1 unspecified atom stereocenters. The first-order valence-electron chi connectivity index (χ1n) is 8.16. The maximum absolute atomic E-state index is 12.6. The summed E-state index contributed by atoms with van der Waals surface area (Å²) in [5.74, 6) is -0.0251. The molecule has 3 rings (SSSR count). The summed E-state index contributed by atoms with van der Waals surface area (Å²) in [4.78, 5) is 15.8. The molecular weight excluding hydrogens is 310 g/mol. The smallest absolute Gasteiger partial charge is 0.240 e. The maximum atomic E-state index is 12.6. The third-order valence-electron chi connectivity index (χ3n) is 5.40. The van der Waals surface area contributed by atoms with Crippen LogP contribution in [-0.2, 0) is 11.2 Å². The summed E-state index contributed by atoms with van der Waals surface area (Å²) in [6.45, 7) is 4.76. The van der Waals surface area contributed by atoms with Gasteiger partial charge in [0.05, 0.1) is 0 Å². The van der Waals surface area contributed by atoms with Crippen LogP contribution in [0.1, 0.15) is 38.7 Å². The lowest BCUT2D eigenvalue weighted by molar-refractivity contribution is -0.129. The summed E-state index contributed by atoms with van der Waals surface area (Å²) in [6.07, 6.45) is 5.52. The molecule has 1 saturated carbocycles. The van der Waals surface area contributed by atoms with Gasteiger partial charge in [-0.3, -0.25) is 4.79 Å². The summed E-state index contributed by atoms with van der Waals surface area (Å²) < 4.78 is 0. The lowest BCUT2D eigenvalue weighted by atomic mass is 9.75. The van der Waals surface area contributed by atoms with Gasteiger partial charge < -0.3 is 16.0 Å². The van der Waals surface area contributed by atoms with Gasteiger partial charge in [0.15, 0.2) is 0 Å². The molecule has 0 aliphatic heterocycles. The van der Waals surface area contributed by atoms with Crippen LogP contribution in [0.15, 0.2) is 24.4 Å². The van der Waals surface area contributed by atoms with E-state index < -0.39 is 5.54 Å². The predicted octanol–water partition coefficient (Wildman–Crippen LogP) is 3.39. The van der Waals surface area contributed by atoms with Gasteiger partial charge in [-0.25, -0.2) is 0 Å². The third-order valence-corrected chi connectivity index (χ3v) is 5.63. The molecule has 1 fully saturated rings.